The highest BCUT2D eigenvalue weighted by Gasteiger charge is 2.16. The summed E-state index contributed by atoms with van der Waals surface area (Å²) in [6.07, 6.45) is 0.774. The Morgan fingerprint density at radius 2 is 1.67 bits per heavy atom. The van der Waals surface area contributed by atoms with Crippen molar-refractivity contribution >= 4 is 17.3 Å². The molecule has 4 aromatic rings. The fourth-order valence-corrected chi connectivity index (χ4v) is 3.14. The van der Waals surface area contributed by atoms with Crippen LogP contribution >= 0.6 is 0 Å². The first-order valence-corrected chi connectivity index (χ1v) is 8.36. The van der Waals surface area contributed by atoms with Crippen molar-refractivity contribution in [2.75, 3.05) is 0 Å². The largest absolute Gasteiger partial charge is 0.459 e. The fourth-order valence-electron chi connectivity index (χ4n) is 3.14. The van der Waals surface area contributed by atoms with Crippen LogP contribution in [0.2, 0.25) is 0 Å². The van der Waals surface area contributed by atoms with E-state index in [-0.39, 0.29) is 12.1 Å². The van der Waals surface area contributed by atoms with Crippen LogP contribution in [0, 0.1) is 11.6 Å². The number of furan rings is 1. The smallest absolute Gasteiger partial charge is 0.150 e. The molecule has 0 aliphatic heterocycles. The Morgan fingerprint density at radius 1 is 0.889 bits per heavy atom. The number of nitrogens with two attached hydrogens (primary N) is 1. The van der Waals surface area contributed by atoms with Gasteiger partial charge in [-0.1, -0.05) is 24.3 Å². The summed E-state index contributed by atoms with van der Waals surface area (Å²) >= 11 is 0. The lowest BCUT2D eigenvalue weighted by Gasteiger charge is -2.09. The van der Waals surface area contributed by atoms with Crippen LogP contribution in [0.25, 0.3) is 33.2 Å². The molecule has 5 heteroatoms. The van der Waals surface area contributed by atoms with E-state index in [1.807, 2.05) is 24.3 Å². The van der Waals surface area contributed by atoms with E-state index in [1.165, 1.54) is 12.1 Å². The summed E-state index contributed by atoms with van der Waals surface area (Å²) in [6, 6.07) is 16.0. The van der Waals surface area contributed by atoms with Crippen molar-refractivity contribution in [3.05, 3.63) is 83.6 Å². The van der Waals surface area contributed by atoms with Crippen molar-refractivity contribution in [3.8, 4) is 22.3 Å². The number of aldehydes is 1. The van der Waals surface area contributed by atoms with Crippen molar-refractivity contribution in [3.63, 3.8) is 0 Å². The zero-order chi connectivity index (χ0) is 19.0. The Kier molecular flexibility index (Phi) is 4.30. The van der Waals surface area contributed by atoms with Crippen LogP contribution in [-0.2, 0) is 6.54 Å². The van der Waals surface area contributed by atoms with E-state index in [0.29, 0.717) is 22.5 Å². The van der Waals surface area contributed by atoms with Gasteiger partial charge in [0.25, 0.3) is 0 Å². The first kappa shape index (κ1) is 17.1. The number of halogens is 2. The van der Waals surface area contributed by atoms with Gasteiger partial charge in [0, 0.05) is 28.1 Å². The number of carbonyl (C=O) groups excluding carboxylic acids is 1. The van der Waals surface area contributed by atoms with Crippen LogP contribution in [0.5, 0.6) is 0 Å². The van der Waals surface area contributed by atoms with Crippen LogP contribution in [0.15, 0.2) is 65.1 Å². The molecule has 0 spiro atoms. The second kappa shape index (κ2) is 6.78. The Labute approximate surface area is 154 Å². The molecule has 1 heterocycles. The molecule has 134 valence electrons. The lowest BCUT2D eigenvalue weighted by molar-refractivity contribution is 0.112. The lowest BCUT2D eigenvalue weighted by atomic mass is 9.96. The van der Waals surface area contributed by atoms with Gasteiger partial charge in [-0.05, 0) is 41.5 Å². The Hall–Kier alpha value is -3.31. The minimum absolute atomic E-state index is 0.212. The standard InChI is InChI=1S/C22H15F2NO2/c23-17-5-6-19(21(24)10-17)20-9-15(14-3-1-13(12-26)2-4-14)7-16-8-18(11-25)27-22(16)20/h1-10,12H,11,25H2. The van der Waals surface area contributed by atoms with E-state index in [4.69, 9.17) is 10.2 Å². The van der Waals surface area contributed by atoms with Crippen LogP contribution in [-0.4, -0.2) is 6.29 Å². The molecule has 2 N–H and O–H groups in total. The van der Waals surface area contributed by atoms with Gasteiger partial charge in [0.15, 0.2) is 0 Å². The molecule has 0 atom stereocenters. The predicted molar refractivity (Wildman–Crippen MR) is 100 cm³/mol. The molecule has 0 fully saturated rings. The van der Waals surface area contributed by atoms with E-state index >= 15 is 0 Å². The molecule has 1 aromatic heterocycles. The molecule has 0 bridgehead atoms. The minimum Gasteiger partial charge on any atom is -0.459 e. The van der Waals surface area contributed by atoms with Crippen LogP contribution in [0.3, 0.4) is 0 Å². The summed E-state index contributed by atoms with van der Waals surface area (Å²) in [5.41, 5.74) is 9.18. The van der Waals surface area contributed by atoms with Crippen LogP contribution in [0.4, 0.5) is 8.78 Å². The second-order valence-electron chi connectivity index (χ2n) is 6.22. The first-order valence-electron chi connectivity index (χ1n) is 8.36. The van der Waals surface area contributed by atoms with Gasteiger partial charge in [-0.25, -0.2) is 8.78 Å². The summed E-state index contributed by atoms with van der Waals surface area (Å²) in [7, 11) is 0. The summed E-state index contributed by atoms with van der Waals surface area (Å²) in [5.74, 6) is -0.743. The highest BCUT2D eigenvalue weighted by Crippen LogP contribution is 2.37. The predicted octanol–water partition coefficient (Wildman–Crippen LogP) is 5.32. The zero-order valence-electron chi connectivity index (χ0n) is 14.2. The Balaban J connectivity index is 1.97. The van der Waals surface area contributed by atoms with E-state index in [1.54, 1.807) is 18.2 Å². The van der Waals surface area contributed by atoms with Crippen molar-refractivity contribution in [2.24, 2.45) is 5.73 Å². The van der Waals surface area contributed by atoms with E-state index in [2.05, 4.69) is 0 Å². The molecular weight excluding hydrogens is 348 g/mol. The molecule has 0 amide bonds. The monoisotopic (exact) mass is 363 g/mol. The van der Waals surface area contributed by atoms with Gasteiger partial charge in [-0.3, -0.25) is 4.79 Å². The Morgan fingerprint density at radius 3 is 2.33 bits per heavy atom. The fraction of sp³-hybridized carbons (Fsp3) is 0.0455. The average Bonchev–Trinajstić information content (AvgIpc) is 3.11. The van der Waals surface area contributed by atoms with E-state index in [0.717, 1.165) is 28.9 Å². The number of benzene rings is 3. The maximum Gasteiger partial charge on any atom is 0.150 e. The molecule has 0 saturated carbocycles. The zero-order valence-corrected chi connectivity index (χ0v) is 14.2. The van der Waals surface area contributed by atoms with Crippen molar-refractivity contribution < 1.29 is 18.0 Å². The molecule has 27 heavy (non-hydrogen) atoms. The summed E-state index contributed by atoms with van der Waals surface area (Å²) in [6.45, 7) is 0.212. The maximum atomic E-state index is 14.4. The van der Waals surface area contributed by atoms with Crippen molar-refractivity contribution in [1.29, 1.82) is 0 Å². The van der Waals surface area contributed by atoms with Gasteiger partial charge in [0.05, 0.1) is 6.54 Å². The summed E-state index contributed by atoms with van der Waals surface area (Å²) in [5, 5.41) is 0.770. The second-order valence-corrected chi connectivity index (χ2v) is 6.22. The number of rotatable bonds is 4. The van der Waals surface area contributed by atoms with E-state index in [9.17, 15) is 13.6 Å². The maximum absolute atomic E-state index is 14.4. The molecule has 4 rings (SSSR count). The summed E-state index contributed by atoms with van der Waals surface area (Å²) < 4.78 is 33.6. The van der Waals surface area contributed by atoms with Crippen molar-refractivity contribution in [2.45, 2.75) is 6.54 Å². The number of fused-ring (bicyclic) bond motifs is 1. The molecule has 0 radical (unpaired) electrons. The third-order valence-electron chi connectivity index (χ3n) is 4.47. The Bertz CT molecular complexity index is 1150. The number of carbonyl (C=O) groups is 1. The molecule has 0 saturated heterocycles. The highest BCUT2D eigenvalue weighted by molar-refractivity contribution is 5.97. The molecular formula is C22H15F2NO2. The molecule has 0 aliphatic rings. The highest BCUT2D eigenvalue weighted by atomic mass is 19.1. The lowest BCUT2D eigenvalue weighted by Crippen LogP contribution is -1.92. The average molecular weight is 363 g/mol. The third kappa shape index (κ3) is 3.13. The van der Waals surface area contributed by atoms with Crippen molar-refractivity contribution in [1.82, 2.24) is 0 Å². The van der Waals surface area contributed by atoms with Gasteiger partial charge in [-0.15, -0.1) is 0 Å². The van der Waals surface area contributed by atoms with Gasteiger partial charge in [0.2, 0.25) is 0 Å². The quantitative estimate of drug-likeness (QED) is 0.500. The third-order valence-corrected chi connectivity index (χ3v) is 4.47. The molecule has 0 unspecified atom stereocenters. The van der Waals surface area contributed by atoms with Gasteiger partial charge < -0.3 is 10.2 Å². The van der Waals surface area contributed by atoms with E-state index < -0.39 is 11.6 Å². The van der Waals surface area contributed by atoms with Crippen LogP contribution < -0.4 is 5.73 Å². The van der Waals surface area contributed by atoms with Crippen LogP contribution in [0.1, 0.15) is 16.1 Å². The van der Waals surface area contributed by atoms with Gasteiger partial charge in [0.1, 0.15) is 29.3 Å². The topological polar surface area (TPSA) is 56.2 Å². The number of hydrogen-bond acceptors (Lipinski definition) is 3. The molecule has 0 aliphatic carbocycles. The van der Waals surface area contributed by atoms with Gasteiger partial charge in [-0.2, -0.15) is 0 Å². The molecule has 3 aromatic carbocycles. The molecule has 3 nitrogen and oxygen atoms in total. The summed E-state index contributed by atoms with van der Waals surface area (Å²) in [4.78, 5) is 10.9. The minimum atomic E-state index is -0.671. The normalized spacial score (nSPS) is 11.1. The first-order chi connectivity index (χ1) is 13.1. The van der Waals surface area contributed by atoms with Gasteiger partial charge >= 0.3 is 0 Å². The number of hydrogen-bond donors (Lipinski definition) is 1. The SMILES string of the molecule is NCc1cc2cc(-c3ccc(C=O)cc3)cc(-c3ccc(F)cc3F)c2o1.